The van der Waals surface area contributed by atoms with E-state index >= 15 is 0 Å². The van der Waals surface area contributed by atoms with Crippen LogP contribution in [0.15, 0.2) is 60.1 Å². The van der Waals surface area contributed by atoms with E-state index in [-0.39, 0.29) is 23.6 Å². The second kappa shape index (κ2) is 7.76. The molecule has 158 valence electrons. The average Bonchev–Trinajstić information content (AvgIpc) is 3.17. The predicted octanol–water partition coefficient (Wildman–Crippen LogP) is 2.23. The summed E-state index contributed by atoms with van der Waals surface area (Å²) in [5.41, 5.74) is 1.56. The van der Waals surface area contributed by atoms with Crippen molar-refractivity contribution in [2.45, 2.75) is 25.5 Å². The molecule has 1 aromatic carbocycles. The van der Waals surface area contributed by atoms with Crippen molar-refractivity contribution in [3.8, 4) is 0 Å². The molecule has 0 aliphatic heterocycles. The van der Waals surface area contributed by atoms with Gasteiger partial charge in [0.05, 0.1) is 23.5 Å². The number of sulfonamides is 1. The lowest BCUT2D eigenvalue weighted by molar-refractivity contribution is 0.0697. The van der Waals surface area contributed by atoms with E-state index < -0.39 is 21.1 Å². The first-order valence-electron chi connectivity index (χ1n) is 9.22. The Hall–Kier alpha value is -3.86. The number of hydrogen-bond acceptors (Lipinski definition) is 7. The number of aryl methyl sites for hydroxylation is 2. The van der Waals surface area contributed by atoms with E-state index in [1.54, 1.807) is 56.6 Å². The van der Waals surface area contributed by atoms with Crippen LogP contribution in [0.5, 0.6) is 0 Å². The summed E-state index contributed by atoms with van der Waals surface area (Å²) in [6, 6.07) is 9.64. The van der Waals surface area contributed by atoms with Crippen molar-refractivity contribution in [1.29, 1.82) is 0 Å². The van der Waals surface area contributed by atoms with E-state index in [1.807, 2.05) is 0 Å². The average molecular weight is 438 g/mol. The molecular formula is C20H18N6O4S. The lowest BCUT2D eigenvalue weighted by Crippen LogP contribution is -2.33. The molecule has 0 saturated carbocycles. The van der Waals surface area contributed by atoms with Gasteiger partial charge < -0.3 is 5.11 Å². The Balaban J connectivity index is 1.93. The van der Waals surface area contributed by atoms with E-state index in [9.17, 15) is 18.3 Å². The van der Waals surface area contributed by atoms with Crippen LogP contribution in [0.4, 0.5) is 5.69 Å². The molecule has 0 saturated heterocycles. The van der Waals surface area contributed by atoms with Crippen molar-refractivity contribution in [3.05, 3.63) is 77.4 Å². The second-order valence-corrected chi connectivity index (χ2v) is 8.64. The molecule has 0 amide bonds. The summed E-state index contributed by atoms with van der Waals surface area (Å²) in [7, 11) is -4.36. The number of benzene rings is 1. The Morgan fingerprint density at radius 3 is 2.65 bits per heavy atom. The molecule has 11 heteroatoms. The summed E-state index contributed by atoms with van der Waals surface area (Å²) in [5.74, 6) is -1.13. The van der Waals surface area contributed by atoms with Gasteiger partial charge in [-0.15, -0.1) is 5.10 Å². The van der Waals surface area contributed by atoms with E-state index in [0.717, 1.165) is 9.87 Å². The number of aromatic carboxylic acids is 1. The van der Waals surface area contributed by atoms with Gasteiger partial charge in [0.25, 0.3) is 10.9 Å². The Kier molecular flexibility index (Phi) is 5.11. The molecule has 10 nitrogen and oxygen atoms in total. The largest absolute Gasteiger partial charge is 0.478 e. The van der Waals surface area contributed by atoms with Gasteiger partial charge in [-0.3, -0.25) is 9.29 Å². The molecule has 31 heavy (non-hydrogen) atoms. The van der Waals surface area contributed by atoms with Gasteiger partial charge in [-0.05, 0) is 43.2 Å². The fourth-order valence-corrected chi connectivity index (χ4v) is 4.52. The molecule has 4 aromatic rings. The molecule has 0 unspecified atom stereocenters. The highest BCUT2D eigenvalue weighted by Crippen LogP contribution is 2.31. The Bertz CT molecular complexity index is 1390. The smallest absolute Gasteiger partial charge is 0.337 e. The molecule has 1 N–H and O–H groups in total. The zero-order chi connectivity index (χ0) is 22.2. The van der Waals surface area contributed by atoms with Crippen LogP contribution in [0.1, 0.15) is 27.2 Å². The number of rotatable bonds is 6. The number of para-hydroxylation sites is 1. The second-order valence-electron chi connectivity index (χ2n) is 6.88. The third-order valence-corrected chi connectivity index (χ3v) is 6.10. The zero-order valence-corrected chi connectivity index (χ0v) is 17.5. The van der Waals surface area contributed by atoms with E-state index in [4.69, 9.17) is 0 Å². The van der Waals surface area contributed by atoms with Gasteiger partial charge in [-0.1, -0.05) is 18.2 Å². The summed E-state index contributed by atoms with van der Waals surface area (Å²) in [6.07, 6.45) is 4.69. The molecule has 0 bridgehead atoms. The van der Waals surface area contributed by atoms with Crippen LogP contribution < -0.4 is 4.31 Å². The van der Waals surface area contributed by atoms with Gasteiger partial charge in [0.2, 0.25) is 0 Å². The highest BCUT2D eigenvalue weighted by molar-refractivity contribution is 7.92. The quantitative estimate of drug-likeness (QED) is 0.485. The third-order valence-electron chi connectivity index (χ3n) is 4.57. The van der Waals surface area contributed by atoms with Gasteiger partial charge in [0.1, 0.15) is 0 Å². The summed E-state index contributed by atoms with van der Waals surface area (Å²) in [4.78, 5) is 24.2. The number of anilines is 1. The summed E-state index contributed by atoms with van der Waals surface area (Å²) in [5, 5.41) is 13.3. The maximum absolute atomic E-state index is 13.7. The lowest BCUT2D eigenvalue weighted by atomic mass is 10.1. The SMILES string of the molecule is Cc1cnc2nc(S(=O)(=O)N(Cc3ccccn3)c3c(C)cccc3C(=O)O)nn2c1. The molecule has 3 heterocycles. The van der Waals surface area contributed by atoms with Crippen molar-refractivity contribution in [3.63, 3.8) is 0 Å². The number of nitrogens with zero attached hydrogens (tertiary/aromatic N) is 6. The number of hydrogen-bond donors (Lipinski definition) is 1. The maximum atomic E-state index is 13.7. The van der Waals surface area contributed by atoms with Crippen LogP contribution >= 0.6 is 0 Å². The summed E-state index contributed by atoms with van der Waals surface area (Å²) < 4.78 is 29.6. The standard InChI is InChI=1S/C20H18N6O4S/c1-13-10-22-19-23-20(24-25(19)11-13)31(29,30)26(12-15-7-3-4-9-21-15)17-14(2)6-5-8-16(17)18(27)28/h3-11H,12H2,1-2H3,(H,27,28). The van der Waals surface area contributed by atoms with Crippen LogP contribution in [0.25, 0.3) is 5.78 Å². The summed E-state index contributed by atoms with van der Waals surface area (Å²) in [6.45, 7) is 3.24. The number of pyridine rings is 1. The van der Waals surface area contributed by atoms with Crippen LogP contribution in [0.3, 0.4) is 0 Å². The van der Waals surface area contributed by atoms with Gasteiger partial charge in [0, 0.05) is 18.6 Å². The van der Waals surface area contributed by atoms with E-state index in [0.29, 0.717) is 11.3 Å². The lowest BCUT2D eigenvalue weighted by Gasteiger charge is -2.25. The van der Waals surface area contributed by atoms with Crippen molar-refractivity contribution < 1.29 is 18.3 Å². The molecule has 0 radical (unpaired) electrons. The molecule has 0 atom stereocenters. The minimum Gasteiger partial charge on any atom is -0.478 e. The third kappa shape index (κ3) is 3.82. The van der Waals surface area contributed by atoms with Crippen LogP contribution in [-0.2, 0) is 16.6 Å². The van der Waals surface area contributed by atoms with Gasteiger partial charge in [-0.25, -0.2) is 14.3 Å². The first kappa shape index (κ1) is 20.4. The Labute approximate surface area is 177 Å². The Morgan fingerprint density at radius 2 is 1.94 bits per heavy atom. The van der Waals surface area contributed by atoms with Gasteiger partial charge >= 0.3 is 16.0 Å². The number of fused-ring (bicyclic) bond motifs is 1. The highest BCUT2D eigenvalue weighted by Gasteiger charge is 2.33. The van der Waals surface area contributed by atoms with Crippen molar-refractivity contribution in [1.82, 2.24) is 24.6 Å². The minimum absolute atomic E-state index is 0.0312. The van der Waals surface area contributed by atoms with Crippen molar-refractivity contribution in [2.75, 3.05) is 4.31 Å². The van der Waals surface area contributed by atoms with Crippen molar-refractivity contribution >= 4 is 27.5 Å². The van der Waals surface area contributed by atoms with E-state index in [2.05, 4.69) is 20.1 Å². The molecular weight excluding hydrogens is 420 g/mol. The minimum atomic E-state index is -4.36. The first-order valence-corrected chi connectivity index (χ1v) is 10.7. The maximum Gasteiger partial charge on any atom is 0.337 e. The zero-order valence-electron chi connectivity index (χ0n) is 16.7. The Morgan fingerprint density at radius 1 is 1.13 bits per heavy atom. The van der Waals surface area contributed by atoms with Crippen molar-refractivity contribution in [2.24, 2.45) is 0 Å². The van der Waals surface area contributed by atoms with Crippen LogP contribution in [-0.4, -0.2) is 44.1 Å². The molecule has 4 rings (SSSR count). The molecule has 0 aliphatic carbocycles. The molecule has 0 spiro atoms. The summed E-state index contributed by atoms with van der Waals surface area (Å²) >= 11 is 0. The molecule has 0 fully saturated rings. The highest BCUT2D eigenvalue weighted by atomic mass is 32.2. The topological polar surface area (TPSA) is 131 Å². The van der Waals surface area contributed by atoms with E-state index in [1.165, 1.54) is 16.8 Å². The molecule has 0 aliphatic rings. The normalized spacial score (nSPS) is 11.5. The number of carbonyl (C=O) groups is 1. The number of aromatic nitrogens is 5. The predicted molar refractivity (Wildman–Crippen MR) is 111 cm³/mol. The number of carboxylic acids is 1. The first-order chi connectivity index (χ1) is 14.8. The molecule has 3 aromatic heterocycles. The fraction of sp³-hybridized carbons (Fsp3) is 0.150. The van der Waals surface area contributed by atoms with Gasteiger partial charge in [0.15, 0.2) is 0 Å². The van der Waals surface area contributed by atoms with Gasteiger partial charge in [-0.2, -0.15) is 13.4 Å². The van der Waals surface area contributed by atoms with Crippen LogP contribution in [0.2, 0.25) is 0 Å². The fourth-order valence-electron chi connectivity index (χ4n) is 3.15. The monoisotopic (exact) mass is 438 g/mol. The van der Waals surface area contributed by atoms with Crippen LogP contribution in [0, 0.1) is 13.8 Å². The number of carboxylic acid groups (broad SMARTS) is 1.